The third-order valence-electron chi connectivity index (χ3n) is 4.75. The van der Waals surface area contributed by atoms with Gasteiger partial charge in [0.05, 0.1) is 21.2 Å². The Hall–Kier alpha value is -3.36. The van der Waals surface area contributed by atoms with Crippen molar-refractivity contribution in [2.45, 2.75) is 13.8 Å². The Morgan fingerprint density at radius 1 is 1.16 bits per heavy atom. The fraction of sp³-hybridized carbons (Fsp3) is 0.0909. The highest BCUT2D eigenvalue weighted by atomic mass is 35.5. The Kier molecular flexibility index (Phi) is 5.67. The third kappa shape index (κ3) is 4.40. The maximum Gasteiger partial charge on any atom is 0.271 e. The summed E-state index contributed by atoms with van der Waals surface area (Å²) in [7, 11) is 0. The van der Waals surface area contributed by atoms with Crippen LogP contribution in [0.2, 0.25) is 5.02 Å². The van der Waals surface area contributed by atoms with E-state index in [-0.39, 0.29) is 11.6 Å². The molecule has 1 amide bonds. The largest absolute Gasteiger partial charge is 0.318 e. The monoisotopic (exact) mass is 452 g/mol. The number of rotatable bonds is 4. The van der Waals surface area contributed by atoms with Crippen LogP contribution in [0.4, 0.5) is 11.4 Å². The molecule has 0 saturated carbocycles. The summed E-state index contributed by atoms with van der Waals surface area (Å²) >= 11 is 7.24. The van der Waals surface area contributed by atoms with Gasteiger partial charge >= 0.3 is 0 Å². The number of thioether (sulfide) groups is 1. The minimum absolute atomic E-state index is 0.0255. The Labute approximate surface area is 187 Å². The molecule has 1 saturated heterocycles. The number of aromatic nitrogens is 1. The maximum atomic E-state index is 12.4. The molecule has 1 N–H and O–H groups in total. The maximum absolute atomic E-state index is 12.4. The molecule has 0 atom stereocenters. The summed E-state index contributed by atoms with van der Waals surface area (Å²) in [6, 6.07) is 15.5. The molecule has 0 radical (unpaired) electrons. The number of nitro groups is 1. The highest BCUT2D eigenvalue weighted by Crippen LogP contribution is 2.31. The topological polar surface area (TPSA) is 89.5 Å². The van der Waals surface area contributed by atoms with Crippen molar-refractivity contribution < 1.29 is 9.72 Å². The van der Waals surface area contributed by atoms with Gasteiger partial charge in [-0.05, 0) is 67.6 Å². The number of aryl methyl sites for hydroxylation is 1. The van der Waals surface area contributed by atoms with Crippen LogP contribution in [0.1, 0.15) is 17.0 Å². The molecule has 0 aliphatic carbocycles. The number of benzene rings is 2. The van der Waals surface area contributed by atoms with Crippen molar-refractivity contribution >= 4 is 51.9 Å². The molecule has 156 valence electrons. The summed E-state index contributed by atoms with van der Waals surface area (Å²) in [6.45, 7) is 3.83. The number of nitrogens with zero attached hydrogens (tertiary/aromatic N) is 3. The summed E-state index contributed by atoms with van der Waals surface area (Å²) in [6.07, 6.45) is 1.80. The van der Waals surface area contributed by atoms with Gasteiger partial charge < -0.3 is 9.88 Å². The first-order valence-electron chi connectivity index (χ1n) is 9.31. The van der Waals surface area contributed by atoms with Crippen molar-refractivity contribution in [1.29, 1.82) is 0 Å². The van der Waals surface area contributed by atoms with Crippen molar-refractivity contribution in [3.05, 3.63) is 91.6 Å². The van der Waals surface area contributed by atoms with Crippen LogP contribution < -0.4 is 5.32 Å². The van der Waals surface area contributed by atoms with Crippen LogP contribution in [0, 0.1) is 24.0 Å². The molecule has 1 aliphatic rings. The van der Waals surface area contributed by atoms with Crippen LogP contribution in [0.25, 0.3) is 11.8 Å². The molecule has 2 aromatic carbocycles. The molecule has 1 aromatic heterocycles. The molecule has 7 nitrogen and oxygen atoms in total. The molecule has 2 heterocycles. The number of carbonyl (C=O) groups excluding carboxylic acids is 1. The van der Waals surface area contributed by atoms with Crippen LogP contribution in [-0.2, 0) is 4.79 Å². The number of amidine groups is 1. The van der Waals surface area contributed by atoms with Gasteiger partial charge in [0, 0.05) is 28.5 Å². The number of aliphatic imine (C=N–C) groups is 1. The molecule has 0 spiro atoms. The van der Waals surface area contributed by atoms with Crippen molar-refractivity contribution in [1.82, 2.24) is 9.88 Å². The standard InChI is InChI=1S/C22H17ClN4O3S/c1-13-9-15(14(2)26(13)18-7-4-8-19(12-18)27(29)30)10-20-21(28)25-22(31-20)24-17-6-3-5-16(23)11-17/h3-12H,1-2H3,(H,24,25,28)/b20-10-. The molecular formula is C22H17ClN4O3S. The van der Waals surface area contributed by atoms with Crippen LogP contribution in [0.3, 0.4) is 0 Å². The van der Waals surface area contributed by atoms with E-state index in [9.17, 15) is 14.9 Å². The zero-order valence-electron chi connectivity index (χ0n) is 16.6. The second kappa shape index (κ2) is 8.41. The van der Waals surface area contributed by atoms with Gasteiger partial charge in [-0.25, -0.2) is 4.99 Å². The van der Waals surface area contributed by atoms with Gasteiger partial charge in [0.25, 0.3) is 11.6 Å². The number of non-ortho nitro benzene ring substituents is 1. The van der Waals surface area contributed by atoms with Crippen LogP contribution in [-0.4, -0.2) is 20.6 Å². The van der Waals surface area contributed by atoms with E-state index in [2.05, 4.69) is 10.3 Å². The fourth-order valence-electron chi connectivity index (χ4n) is 3.36. The predicted octanol–water partition coefficient (Wildman–Crippen LogP) is 5.55. The van der Waals surface area contributed by atoms with E-state index < -0.39 is 4.92 Å². The number of nitrogens with one attached hydrogen (secondary N) is 1. The Morgan fingerprint density at radius 2 is 1.94 bits per heavy atom. The van der Waals surface area contributed by atoms with E-state index >= 15 is 0 Å². The SMILES string of the molecule is Cc1cc(/C=C2\SC(=Nc3cccc(Cl)c3)NC2=O)c(C)n1-c1cccc([N+](=O)[O-])c1. The number of nitro benzene ring substituents is 1. The summed E-state index contributed by atoms with van der Waals surface area (Å²) in [5.74, 6) is -0.231. The lowest BCUT2D eigenvalue weighted by atomic mass is 10.2. The van der Waals surface area contributed by atoms with Crippen LogP contribution in [0.15, 0.2) is 64.5 Å². The van der Waals surface area contributed by atoms with Gasteiger partial charge in [0.15, 0.2) is 5.17 Å². The lowest BCUT2D eigenvalue weighted by Crippen LogP contribution is -2.19. The average Bonchev–Trinajstić information content (AvgIpc) is 3.20. The highest BCUT2D eigenvalue weighted by molar-refractivity contribution is 8.18. The first-order chi connectivity index (χ1) is 14.8. The molecule has 31 heavy (non-hydrogen) atoms. The smallest absolute Gasteiger partial charge is 0.271 e. The highest BCUT2D eigenvalue weighted by Gasteiger charge is 2.24. The molecule has 1 fully saturated rings. The normalized spacial score (nSPS) is 16.2. The number of hydrogen-bond donors (Lipinski definition) is 1. The second-order valence-electron chi connectivity index (χ2n) is 6.90. The van der Waals surface area contributed by atoms with E-state index in [0.29, 0.717) is 26.5 Å². The van der Waals surface area contributed by atoms with E-state index in [4.69, 9.17) is 11.6 Å². The van der Waals surface area contributed by atoms with Crippen LogP contribution in [0.5, 0.6) is 0 Å². The molecule has 4 rings (SSSR count). The first-order valence-corrected chi connectivity index (χ1v) is 10.5. The summed E-state index contributed by atoms with van der Waals surface area (Å²) in [5, 5.41) is 14.9. The summed E-state index contributed by atoms with van der Waals surface area (Å²) < 4.78 is 1.93. The Bertz CT molecular complexity index is 1280. The minimum Gasteiger partial charge on any atom is -0.318 e. The molecule has 0 unspecified atom stereocenters. The molecule has 1 aliphatic heterocycles. The van der Waals surface area contributed by atoms with Gasteiger partial charge in [0.2, 0.25) is 0 Å². The summed E-state index contributed by atoms with van der Waals surface area (Å²) in [4.78, 5) is 28.1. The van der Waals surface area contributed by atoms with E-state index in [0.717, 1.165) is 17.0 Å². The lowest BCUT2D eigenvalue weighted by Gasteiger charge is -2.09. The number of hydrogen-bond acceptors (Lipinski definition) is 5. The molecular weight excluding hydrogens is 436 g/mol. The van der Waals surface area contributed by atoms with Crippen molar-refractivity contribution in [3.63, 3.8) is 0 Å². The zero-order valence-corrected chi connectivity index (χ0v) is 18.2. The van der Waals surface area contributed by atoms with Gasteiger partial charge in [-0.2, -0.15) is 0 Å². The summed E-state index contributed by atoms with van der Waals surface area (Å²) in [5.41, 5.74) is 4.00. The number of carbonyl (C=O) groups is 1. The first kappa shape index (κ1) is 20.9. The lowest BCUT2D eigenvalue weighted by molar-refractivity contribution is -0.384. The van der Waals surface area contributed by atoms with E-state index in [1.807, 2.05) is 30.5 Å². The van der Waals surface area contributed by atoms with Gasteiger partial charge in [-0.15, -0.1) is 0 Å². The van der Waals surface area contributed by atoms with Crippen molar-refractivity contribution in [2.24, 2.45) is 4.99 Å². The number of amides is 1. The second-order valence-corrected chi connectivity index (χ2v) is 8.37. The van der Waals surface area contributed by atoms with Gasteiger partial charge in [-0.3, -0.25) is 14.9 Å². The Balaban J connectivity index is 1.65. The van der Waals surface area contributed by atoms with Crippen molar-refractivity contribution in [3.8, 4) is 5.69 Å². The van der Waals surface area contributed by atoms with Gasteiger partial charge in [0.1, 0.15) is 0 Å². The predicted molar refractivity (Wildman–Crippen MR) is 124 cm³/mol. The molecule has 3 aromatic rings. The minimum atomic E-state index is -0.416. The van der Waals surface area contributed by atoms with Crippen LogP contribution >= 0.6 is 23.4 Å². The van der Waals surface area contributed by atoms with Crippen molar-refractivity contribution in [2.75, 3.05) is 0 Å². The fourth-order valence-corrected chi connectivity index (χ4v) is 4.38. The van der Waals surface area contributed by atoms with Gasteiger partial charge in [-0.1, -0.05) is 23.7 Å². The number of halogens is 1. The molecule has 9 heteroatoms. The zero-order chi connectivity index (χ0) is 22.1. The van der Waals surface area contributed by atoms with E-state index in [1.165, 1.54) is 23.9 Å². The average molecular weight is 453 g/mol. The van der Waals surface area contributed by atoms with E-state index in [1.54, 1.807) is 36.4 Å². The molecule has 0 bridgehead atoms. The third-order valence-corrected chi connectivity index (χ3v) is 5.89. The quantitative estimate of drug-likeness (QED) is 0.319. The Morgan fingerprint density at radius 3 is 2.68 bits per heavy atom.